The molecule has 0 radical (unpaired) electrons. The Kier molecular flexibility index (Phi) is 10.9. The lowest BCUT2D eigenvalue weighted by Gasteiger charge is -2.36. The van der Waals surface area contributed by atoms with Crippen LogP contribution in [0.1, 0.15) is 45.4 Å². The second-order valence-electron chi connectivity index (χ2n) is 7.93. The van der Waals surface area contributed by atoms with Crippen LogP contribution in [0.5, 0.6) is 0 Å². The van der Waals surface area contributed by atoms with E-state index in [4.69, 9.17) is 4.74 Å². The van der Waals surface area contributed by atoms with Crippen LogP contribution in [-0.4, -0.2) is 86.7 Å². The van der Waals surface area contributed by atoms with E-state index in [2.05, 4.69) is 32.3 Å². The summed E-state index contributed by atoms with van der Waals surface area (Å²) in [7, 11) is 0. The number of ether oxygens (including phenoxy) is 1. The molecule has 7 nitrogen and oxygen atoms in total. The van der Waals surface area contributed by atoms with Crippen molar-refractivity contribution in [1.29, 1.82) is 0 Å². The molecular weight excluding hydrogens is 469 g/mol. The van der Waals surface area contributed by atoms with Gasteiger partial charge in [-0.3, -0.25) is 14.7 Å². The normalized spacial score (nSPS) is 24.2. The molecule has 28 heavy (non-hydrogen) atoms. The number of hydrogen-bond acceptors (Lipinski definition) is 4. The third-order valence-electron chi connectivity index (χ3n) is 5.93. The Hall–Kier alpha value is -0.610. The van der Waals surface area contributed by atoms with Gasteiger partial charge >= 0.3 is 0 Å². The molecule has 162 valence electrons. The first kappa shape index (κ1) is 23.7. The number of hydrogen-bond donors (Lipinski definition) is 2. The number of rotatable bonds is 7. The van der Waals surface area contributed by atoms with Gasteiger partial charge in [0.15, 0.2) is 5.96 Å². The summed E-state index contributed by atoms with van der Waals surface area (Å²) in [5, 5.41) is 6.74. The minimum absolute atomic E-state index is 0. The van der Waals surface area contributed by atoms with Crippen LogP contribution in [0, 0.1) is 5.92 Å². The van der Waals surface area contributed by atoms with Crippen LogP contribution in [0.4, 0.5) is 0 Å². The Bertz CT molecular complexity index is 485. The van der Waals surface area contributed by atoms with Gasteiger partial charge in [0.1, 0.15) is 0 Å². The maximum Gasteiger partial charge on any atom is 0.225 e. The highest BCUT2D eigenvalue weighted by Gasteiger charge is 2.29. The molecule has 1 atom stereocenters. The summed E-state index contributed by atoms with van der Waals surface area (Å²) < 4.78 is 5.64. The Balaban J connectivity index is 0.00000280. The van der Waals surface area contributed by atoms with Gasteiger partial charge in [-0.1, -0.05) is 12.8 Å². The number of nitrogens with zero attached hydrogens (tertiary/aromatic N) is 3. The van der Waals surface area contributed by atoms with Crippen molar-refractivity contribution >= 4 is 35.8 Å². The molecular formula is C20H38IN5O2. The summed E-state index contributed by atoms with van der Waals surface area (Å²) in [6, 6.07) is 0. The zero-order valence-electron chi connectivity index (χ0n) is 17.3. The zero-order valence-corrected chi connectivity index (χ0v) is 19.7. The second-order valence-corrected chi connectivity index (χ2v) is 7.93. The number of amides is 1. The highest BCUT2D eigenvalue weighted by atomic mass is 127. The van der Waals surface area contributed by atoms with Crippen molar-refractivity contribution < 1.29 is 9.53 Å². The van der Waals surface area contributed by atoms with Crippen LogP contribution in [0.15, 0.2) is 4.99 Å². The van der Waals surface area contributed by atoms with Crippen molar-refractivity contribution in [2.75, 3.05) is 59.0 Å². The first-order valence-electron chi connectivity index (χ1n) is 10.9. The van der Waals surface area contributed by atoms with E-state index in [-0.39, 0.29) is 30.1 Å². The van der Waals surface area contributed by atoms with E-state index in [9.17, 15) is 4.79 Å². The average molecular weight is 507 g/mol. The molecule has 3 rings (SSSR count). The fraction of sp³-hybridized carbons (Fsp3) is 0.900. The van der Waals surface area contributed by atoms with Gasteiger partial charge in [0.2, 0.25) is 5.91 Å². The Morgan fingerprint density at radius 3 is 2.46 bits per heavy atom. The third-order valence-corrected chi connectivity index (χ3v) is 5.93. The highest BCUT2D eigenvalue weighted by Crippen LogP contribution is 2.26. The molecule has 0 bridgehead atoms. The molecule has 2 heterocycles. The Morgan fingerprint density at radius 1 is 1.07 bits per heavy atom. The largest absolute Gasteiger partial charge is 0.376 e. The van der Waals surface area contributed by atoms with E-state index in [1.54, 1.807) is 0 Å². The summed E-state index contributed by atoms with van der Waals surface area (Å²) in [6.45, 7) is 10.1. The van der Waals surface area contributed by atoms with E-state index in [0.717, 1.165) is 90.6 Å². The zero-order chi connectivity index (χ0) is 18.9. The first-order chi connectivity index (χ1) is 13.3. The molecule has 3 aliphatic rings. The summed E-state index contributed by atoms with van der Waals surface area (Å²) in [6.07, 6.45) is 7.20. The Labute approximate surface area is 187 Å². The van der Waals surface area contributed by atoms with Gasteiger partial charge in [0.05, 0.1) is 12.6 Å². The summed E-state index contributed by atoms with van der Waals surface area (Å²) in [5.41, 5.74) is 0. The second kappa shape index (κ2) is 12.8. The molecule has 0 aromatic heterocycles. The van der Waals surface area contributed by atoms with Crippen molar-refractivity contribution in [2.24, 2.45) is 10.9 Å². The van der Waals surface area contributed by atoms with E-state index in [0.29, 0.717) is 11.8 Å². The van der Waals surface area contributed by atoms with Crippen LogP contribution >= 0.6 is 24.0 Å². The summed E-state index contributed by atoms with van der Waals surface area (Å²) >= 11 is 0. The van der Waals surface area contributed by atoms with Crippen molar-refractivity contribution in [3.8, 4) is 0 Å². The van der Waals surface area contributed by atoms with Crippen LogP contribution < -0.4 is 10.6 Å². The summed E-state index contributed by atoms with van der Waals surface area (Å²) in [5.74, 6) is 1.59. The number of guanidine groups is 1. The molecule has 0 aromatic rings. The number of piperazine rings is 1. The molecule has 8 heteroatoms. The lowest BCUT2D eigenvalue weighted by atomic mass is 10.1. The van der Waals surface area contributed by atoms with E-state index < -0.39 is 0 Å². The highest BCUT2D eigenvalue weighted by molar-refractivity contribution is 14.0. The van der Waals surface area contributed by atoms with Gasteiger partial charge < -0.3 is 20.3 Å². The fourth-order valence-electron chi connectivity index (χ4n) is 4.28. The van der Waals surface area contributed by atoms with Crippen molar-refractivity contribution in [2.45, 2.75) is 51.6 Å². The van der Waals surface area contributed by atoms with Gasteiger partial charge in [0, 0.05) is 58.3 Å². The molecule has 1 aliphatic carbocycles. The minimum Gasteiger partial charge on any atom is -0.376 e. The predicted octanol–water partition coefficient (Wildman–Crippen LogP) is 1.67. The van der Waals surface area contributed by atoms with E-state index >= 15 is 0 Å². The maximum absolute atomic E-state index is 12.5. The number of aliphatic imine (C=N–C) groups is 1. The van der Waals surface area contributed by atoms with Crippen LogP contribution in [0.3, 0.4) is 0 Å². The fourth-order valence-corrected chi connectivity index (χ4v) is 4.28. The van der Waals surface area contributed by atoms with Crippen LogP contribution in [0.2, 0.25) is 0 Å². The molecule has 1 saturated carbocycles. The topological polar surface area (TPSA) is 69.2 Å². The number of carbonyl (C=O) groups excluding carboxylic acids is 1. The molecule has 1 unspecified atom stereocenters. The molecule has 2 aliphatic heterocycles. The maximum atomic E-state index is 12.5. The van der Waals surface area contributed by atoms with E-state index in [1.807, 2.05) is 0 Å². The molecule has 2 saturated heterocycles. The van der Waals surface area contributed by atoms with Gasteiger partial charge in [-0.05, 0) is 32.6 Å². The van der Waals surface area contributed by atoms with Crippen LogP contribution in [0.25, 0.3) is 0 Å². The van der Waals surface area contributed by atoms with Crippen molar-refractivity contribution in [3.63, 3.8) is 0 Å². The van der Waals surface area contributed by atoms with Crippen molar-refractivity contribution in [1.82, 2.24) is 20.4 Å². The minimum atomic E-state index is 0. The number of carbonyl (C=O) groups is 1. The Morgan fingerprint density at radius 2 is 1.82 bits per heavy atom. The lowest BCUT2D eigenvalue weighted by Crippen LogP contribution is -2.51. The van der Waals surface area contributed by atoms with Gasteiger partial charge in [-0.25, -0.2) is 0 Å². The SMILES string of the molecule is CCNC(=NCC1CCCO1)NCCN1CCN(C(=O)C2CCCC2)CC1.I. The molecule has 0 aromatic carbocycles. The monoisotopic (exact) mass is 507 g/mol. The van der Waals surface area contributed by atoms with E-state index in [1.165, 1.54) is 12.8 Å². The molecule has 0 spiro atoms. The van der Waals surface area contributed by atoms with Crippen molar-refractivity contribution in [3.05, 3.63) is 0 Å². The lowest BCUT2D eigenvalue weighted by molar-refractivity contribution is -0.137. The number of nitrogens with one attached hydrogen (secondary N) is 2. The predicted molar refractivity (Wildman–Crippen MR) is 123 cm³/mol. The number of halogens is 1. The first-order valence-corrected chi connectivity index (χ1v) is 10.9. The smallest absolute Gasteiger partial charge is 0.225 e. The molecule has 2 N–H and O–H groups in total. The summed E-state index contributed by atoms with van der Waals surface area (Å²) in [4.78, 5) is 21.7. The van der Waals surface area contributed by atoms with Gasteiger partial charge in [-0.2, -0.15) is 0 Å². The molecule has 3 fully saturated rings. The van der Waals surface area contributed by atoms with Gasteiger partial charge in [0.25, 0.3) is 0 Å². The molecule has 1 amide bonds. The third kappa shape index (κ3) is 7.33. The standard InChI is InChI=1S/C20H37N5O2.HI/c1-2-21-20(23-16-18-8-5-15-27-18)22-9-10-24-11-13-25(14-12-24)19(26)17-6-3-4-7-17;/h17-18H,2-16H2,1H3,(H2,21,22,23);1H. The average Bonchev–Trinajstić information content (AvgIpc) is 3.40. The quantitative estimate of drug-likeness (QED) is 0.312. The van der Waals surface area contributed by atoms with Crippen LogP contribution in [-0.2, 0) is 9.53 Å². The van der Waals surface area contributed by atoms with Gasteiger partial charge in [-0.15, -0.1) is 24.0 Å².